The van der Waals surface area contributed by atoms with Gasteiger partial charge in [0, 0.05) is 6.54 Å². The van der Waals surface area contributed by atoms with Crippen LogP contribution < -0.4 is 10.5 Å². The second-order valence-corrected chi connectivity index (χ2v) is 6.58. The molecule has 4 N–H and O–H groups in total. The third kappa shape index (κ3) is 4.35. The molecule has 0 spiro atoms. The minimum atomic E-state index is -3.68. The maximum absolute atomic E-state index is 12.0. The number of aryl methyl sites for hydroxylation is 1. The van der Waals surface area contributed by atoms with Crippen molar-refractivity contribution >= 4 is 27.3 Å². The maximum Gasteiger partial charge on any atom is 0.240 e. The largest absolute Gasteiger partial charge is 0.397 e. The van der Waals surface area contributed by atoms with E-state index in [-0.39, 0.29) is 17.1 Å². The van der Waals surface area contributed by atoms with Gasteiger partial charge in [-0.15, -0.1) is 0 Å². The molecule has 0 bridgehead atoms. The number of nitrogens with one attached hydrogen (secondary N) is 1. The first-order chi connectivity index (χ1) is 8.77. The van der Waals surface area contributed by atoms with Crippen LogP contribution in [-0.4, -0.2) is 26.2 Å². The topological polar surface area (TPSA) is 92.4 Å². The number of rotatable bonds is 6. The number of halogens is 1. The first-order valence-corrected chi connectivity index (χ1v) is 7.87. The molecule has 0 saturated heterocycles. The molecule has 1 aromatic carbocycles. The summed E-state index contributed by atoms with van der Waals surface area (Å²) in [5.74, 6) is 0. The predicted molar refractivity (Wildman–Crippen MR) is 76.7 cm³/mol. The van der Waals surface area contributed by atoms with Crippen molar-refractivity contribution in [1.82, 2.24) is 4.72 Å². The van der Waals surface area contributed by atoms with Crippen molar-refractivity contribution in [3.63, 3.8) is 0 Å². The number of nitrogen functional groups attached to an aromatic ring is 1. The molecule has 0 aliphatic rings. The number of aliphatic hydroxyl groups is 1. The van der Waals surface area contributed by atoms with E-state index in [4.69, 9.17) is 17.3 Å². The summed E-state index contributed by atoms with van der Waals surface area (Å²) in [4.78, 5) is 0.0515. The third-order valence-electron chi connectivity index (χ3n) is 2.70. The van der Waals surface area contributed by atoms with Gasteiger partial charge in [0.1, 0.15) is 0 Å². The standard InChI is InChI=1S/C12H19ClN2O3S/c1-3-4-9(16)7-15-19(17,18)10-5-8(2)12(13)11(14)6-10/h5-6,9,15-16H,3-4,7,14H2,1-2H3. The van der Waals surface area contributed by atoms with Crippen LogP contribution in [0, 0.1) is 6.92 Å². The number of sulfonamides is 1. The highest BCUT2D eigenvalue weighted by Crippen LogP contribution is 2.26. The number of benzene rings is 1. The summed E-state index contributed by atoms with van der Waals surface area (Å²) in [6.45, 7) is 3.59. The minimum absolute atomic E-state index is 0.0161. The van der Waals surface area contributed by atoms with Crippen LogP contribution >= 0.6 is 11.6 Å². The number of hydrogen-bond acceptors (Lipinski definition) is 4. The minimum Gasteiger partial charge on any atom is -0.397 e. The number of nitrogens with two attached hydrogens (primary N) is 1. The fraction of sp³-hybridized carbons (Fsp3) is 0.500. The summed E-state index contributed by atoms with van der Waals surface area (Å²) in [5.41, 5.74) is 6.46. The Labute approximate surface area is 118 Å². The lowest BCUT2D eigenvalue weighted by Crippen LogP contribution is -2.32. The summed E-state index contributed by atoms with van der Waals surface area (Å²) in [6.07, 6.45) is 0.644. The molecular formula is C12H19ClN2O3S. The van der Waals surface area contributed by atoms with Gasteiger partial charge in [0.2, 0.25) is 10.0 Å². The molecule has 7 heteroatoms. The molecule has 1 unspecified atom stereocenters. The monoisotopic (exact) mass is 306 g/mol. The Morgan fingerprint density at radius 3 is 2.63 bits per heavy atom. The Morgan fingerprint density at radius 1 is 1.47 bits per heavy atom. The predicted octanol–water partition coefficient (Wildman–Crippen LogP) is 1.67. The number of aliphatic hydroxyl groups excluding tert-OH is 1. The van der Waals surface area contributed by atoms with Gasteiger partial charge in [-0.3, -0.25) is 0 Å². The quantitative estimate of drug-likeness (QED) is 0.697. The van der Waals surface area contributed by atoms with E-state index in [2.05, 4.69) is 4.72 Å². The van der Waals surface area contributed by atoms with Crippen LogP contribution in [0.1, 0.15) is 25.3 Å². The lowest BCUT2D eigenvalue weighted by molar-refractivity contribution is 0.167. The number of hydrogen-bond donors (Lipinski definition) is 3. The van der Waals surface area contributed by atoms with E-state index in [9.17, 15) is 13.5 Å². The van der Waals surface area contributed by atoms with Gasteiger partial charge in [-0.2, -0.15) is 0 Å². The Kier molecular flexibility index (Phi) is 5.61. The average Bonchev–Trinajstić information content (AvgIpc) is 2.33. The second-order valence-electron chi connectivity index (χ2n) is 4.44. The van der Waals surface area contributed by atoms with Crippen LogP contribution in [0.3, 0.4) is 0 Å². The molecule has 1 aromatic rings. The maximum atomic E-state index is 12.0. The van der Waals surface area contributed by atoms with Gasteiger partial charge in [-0.1, -0.05) is 24.9 Å². The van der Waals surface area contributed by atoms with E-state index in [1.165, 1.54) is 12.1 Å². The molecule has 0 radical (unpaired) electrons. The molecule has 0 saturated carbocycles. The van der Waals surface area contributed by atoms with E-state index >= 15 is 0 Å². The van der Waals surface area contributed by atoms with Gasteiger partial charge in [0.15, 0.2) is 0 Å². The van der Waals surface area contributed by atoms with E-state index < -0.39 is 16.1 Å². The fourth-order valence-electron chi connectivity index (χ4n) is 1.64. The number of anilines is 1. The zero-order chi connectivity index (χ0) is 14.6. The summed E-state index contributed by atoms with van der Waals surface area (Å²) < 4.78 is 26.4. The summed E-state index contributed by atoms with van der Waals surface area (Å²) in [7, 11) is -3.68. The van der Waals surface area contributed by atoms with Gasteiger partial charge in [-0.05, 0) is 31.0 Å². The van der Waals surface area contributed by atoms with Crippen LogP contribution in [0.4, 0.5) is 5.69 Å². The molecule has 0 fully saturated rings. The van der Waals surface area contributed by atoms with Gasteiger partial charge in [0.05, 0.1) is 21.7 Å². The van der Waals surface area contributed by atoms with E-state index in [1.807, 2.05) is 6.92 Å². The van der Waals surface area contributed by atoms with Crippen LogP contribution in [0.25, 0.3) is 0 Å². The molecule has 1 atom stereocenters. The van der Waals surface area contributed by atoms with E-state index in [0.29, 0.717) is 17.0 Å². The molecule has 0 amide bonds. The molecule has 0 aliphatic carbocycles. The summed E-state index contributed by atoms with van der Waals surface area (Å²) in [5, 5.41) is 9.89. The average molecular weight is 307 g/mol. The van der Waals surface area contributed by atoms with Crippen molar-refractivity contribution < 1.29 is 13.5 Å². The Hall–Kier alpha value is -0.820. The lowest BCUT2D eigenvalue weighted by atomic mass is 10.2. The first kappa shape index (κ1) is 16.2. The highest BCUT2D eigenvalue weighted by Gasteiger charge is 2.17. The summed E-state index contributed by atoms with van der Waals surface area (Å²) in [6, 6.07) is 2.76. The van der Waals surface area contributed by atoms with Crippen LogP contribution in [-0.2, 0) is 10.0 Å². The van der Waals surface area contributed by atoms with Crippen molar-refractivity contribution in [2.45, 2.75) is 37.7 Å². The third-order valence-corrected chi connectivity index (χ3v) is 4.62. The van der Waals surface area contributed by atoms with Crippen LogP contribution in [0.2, 0.25) is 5.02 Å². The fourth-order valence-corrected chi connectivity index (χ4v) is 2.94. The Bertz CT molecular complexity index is 523. The molecule has 19 heavy (non-hydrogen) atoms. The molecule has 0 heterocycles. The Morgan fingerprint density at radius 2 is 2.11 bits per heavy atom. The highest BCUT2D eigenvalue weighted by molar-refractivity contribution is 7.89. The van der Waals surface area contributed by atoms with Crippen molar-refractivity contribution in [3.8, 4) is 0 Å². The normalized spacial score (nSPS) is 13.5. The van der Waals surface area contributed by atoms with Crippen LogP contribution in [0.15, 0.2) is 17.0 Å². The van der Waals surface area contributed by atoms with E-state index in [1.54, 1.807) is 6.92 Å². The zero-order valence-electron chi connectivity index (χ0n) is 11.0. The van der Waals surface area contributed by atoms with Crippen LogP contribution in [0.5, 0.6) is 0 Å². The van der Waals surface area contributed by atoms with Crippen molar-refractivity contribution in [2.24, 2.45) is 0 Å². The molecule has 0 aliphatic heterocycles. The van der Waals surface area contributed by atoms with Crippen molar-refractivity contribution in [3.05, 3.63) is 22.7 Å². The molecule has 0 aromatic heterocycles. The van der Waals surface area contributed by atoms with Gasteiger partial charge in [0.25, 0.3) is 0 Å². The van der Waals surface area contributed by atoms with Gasteiger partial charge < -0.3 is 10.8 Å². The Balaban J connectivity index is 2.89. The first-order valence-electron chi connectivity index (χ1n) is 6.01. The van der Waals surface area contributed by atoms with Crippen molar-refractivity contribution in [1.29, 1.82) is 0 Å². The lowest BCUT2D eigenvalue weighted by Gasteiger charge is -2.12. The van der Waals surface area contributed by atoms with E-state index in [0.717, 1.165) is 6.42 Å². The van der Waals surface area contributed by atoms with Crippen molar-refractivity contribution in [2.75, 3.05) is 12.3 Å². The molecule has 5 nitrogen and oxygen atoms in total. The molecule has 108 valence electrons. The van der Waals surface area contributed by atoms with Gasteiger partial charge in [-0.25, -0.2) is 13.1 Å². The molecule has 1 rings (SSSR count). The molecular weight excluding hydrogens is 288 g/mol. The smallest absolute Gasteiger partial charge is 0.240 e. The highest BCUT2D eigenvalue weighted by atomic mass is 35.5. The summed E-state index contributed by atoms with van der Waals surface area (Å²) >= 11 is 5.89. The SMILES string of the molecule is CCCC(O)CNS(=O)(=O)c1cc(C)c(Cl)c(N)c1. The second kappa shape index (κ2) is 6.56. The van der Waals surface area contributed by atoms with Gasteiger partial charge >= 0.3 is 0 Å². The zero-order valence-corrected chi connectivity index (χ0v) is 12.6.